The second kappa shape index (κ2) is 4.84. The van der Waals surface area contributed by atoms with Gasteiger partial charge in [0.2, 0.25) is 10.0 Å². The van der Waals surface area contributed by atoms with Gasteiger partial charge in [0.1, 0.15) is 5.60 Å². The van der Waals surface area contributed by atoms with Gasteiger partial charge in [0.15, 0.2) is 0 Å². The SMILES string of the molecule is CC(C)(C)OC(=O)N1C[C@@H]2CCC3[C@H](CNS3(=O)=O)[C@@H]2C1. The van der Waals surface area contributed by atoms with Crippen LogP contribution in [0.5, 0.6) is 0 Å². The number of rotatable bonds is 0. The van der Waals surface area contributed by atoms with E-state index in [1.165, 1.54) is 0 Å². The van der Waals surface area contributed by atoms with Crippen LogP contribution in [0, 0.1) is 17.8 Å². The Bertz CT molecular complexity index is 540. The molecule has 1 unspecified atom stereocenters. The average Bonchev–Trinajstić information content (AvgIpc) is 2.88. The lowest BCUT2D eigenvalue weighted by molar-refractivity contribution is 0.0282. The minimum Gasteiger partial charge on any atom is -0.444 e. The Kier molecular flexibility index (Phi) is 3.48. The zero-order valence-electron chi connectivity index (χ0n) is 12.8. The summed E-state index contributed by atoms with van der Waals surface area (Å²) in [5.41, 5.74) is -0.494. The van der Waals surface area contributed by atoms with Crippen LogP contribution in [0.3, 0.4) is 0 Å². The lowest BCUT2D eigenvalue weighted by Gasteiger charge is -2.33. The molecule has 0 bridgehead atoms. The summed E-state index contributed by atoms with van der Waals surface area (Å²) in [6.07, 6.45) is 1.32. The second-order valence-corrected chi connectivity index (χ2v) is 9.47. The number of fused-ring (bicyclic) bond motifs is 3. The molecule has 0 aromatic carbocycles. The second-order valence-electron chi connectivity index (χ2n) is 7.48. The molecule has 3 aliphatic rings. The van der Waals surface area contributed by atoms with Crippen molar-refractivity contribution in [3.8, 4) is 0 Å². The molecule has 1 aliphatic carbocycles. The zero-order valence-corrected chi connectivity index (χ0v) is 13.6. The van der Waals surface area contributed by atoms with Crippen LogP contribution in [-0.2, 0) is 14.8 Å². The van der Waals surface area contributed by atoms with E-state index in [1.54, 1.807) is 4.90 Å². The molecule has 0 aromatic rings. The van der Waals surface area contributed by atoms with Crippen LogP contribution in [0.1, 0.15) is 33.6 Å². The van der Waals surface area contributed by atoms with E-state index in [9.17, 15) is 13.2 Å². The van der Waals surface area contributed by atoms with Crippen molar-refractivity contribution in [2.75, 3.05) is 19.6 Å². The van der Waals surface area contributed by atoms with E-state index >= 15 is 0 Å². The Morgan fingerprint density at radius 3 is 2.57 bits per heavy atom. The zero-order chi connectivity index (χ0) is 15.4. The van der Waals surface area contributed by atoms with Crippen LogP contribution in [0.15, 0.2) is 0 Å². The molecule has 7 heteroatoms. The number of hydrogen-bond donors (Lipinski definition) is 1. The van der Waals surface area contributed by atoms with Crippen molar-refractivity contribution >= 4 is 16.1 Å². The molecule has 0 radical (unpaired) electrons. The molecule has 2 aliphatic heterocycles. The molecule has 3 rings (SSSR count). The maximum atomic E-state index is 12.2. The molecule has 1 N–H and O–H groups in total. The molecule has 3 fully saturated rings. The van der Waals surface area contributed by atoms with Gasteiger partial charge in [0.25, 0.3) is 0 Å². The summed E-state index contributed by atoms with van der Waals surface area (Å²) in [7, 11) is -3.14. The molecule has 2 heterocycles. The summed E-state index contributed by atoms with van der Waals surface area (Å²) >= 11 is 0. The summed E-state index contributed by atoms with van der Waals surface area (Å²) < 4.78 is 32.0. The highest BCUT2D eigenvalue weighted by atomic mass is 32.2. The van der Waals surface area contributed by atoms with Gasteiger partial charge in [0, 0.05) is 19.6 Å². The first-order valence-electron chi connectivity index (χ1n) is 7.64. The standard InChI is InChI=1S/C14H24N2O4S/c1-14(2,3)20-13(17)16-7-9-4-5-12-10(11(9)8-16)6-15-21(12,18)19/h9-12,15H,4-8H2,1-3H3/t9-,10+,11+,12?/m0/s1. The number of likely N-dealkylation sites (tertiary alicyclic amines) is 1. The fourth-order valence-electron chi connectivity index (χ4n) is 4.02. The molecule has 2 saturated heterocycles. The molecular weight excluding hydrogens is 292 g/mol. The van der Waals surface area contributed by atoms with E-state index < -0.39 is 15.6 Å². The van der Waals surface area contributed by atoms with Crippen LogP contribution in [-0.4, -0.2) is 49.9 Å². The lowest BCUT2D eigenvalue weighted by Crippen LogP contribution is -2.38. The van der Waals surface area contributed by atoms with Gasteiger partial charge >= 0.3 is 6.09 Å². The highest BCUT2D eigenvalue weighted by Crippen LogP contribution is 2.44. The van der Waals surface area contributed by atoms with Gasteiger partial charge < -0.3 is 9.64 Å². The van der Waals surface area contributed by atoms with Crippen LogP contribution >= 0.6 is 0 Å². The first-order valence-corrected chi connectivity index (χ1v) is 9.18. The number of amides is 1. The molecule has 1 amide bonds. The number of ether oxygens (including phenoxy) is 1. The third-order valence-corrected chi connectivity index (χ3v) is 6.86. The van der Waals surface area contributed by atoms with Gasteiger partial charge in [0.05, 0.1) is 5.25 Å². The maximum absolute atomic E-state index is 12.2. The Hall–Kier alpha value is -0.820. The Morgan fingerprint density at radius 2 is 1.90 bits per heavy atom. The van der Waals surface area contributed by atoms with Crippen molar-refractivity contribution in [2.24, 2.45) is 17.8 Å². The van der Waals surface area contributed by atoms with E-state index in [2.05, 4.69) is 4.72 Å². The summed E-state index contributed by atoms with van der Waals surface area (Å²) in [5.74, 6) is 0.830. The minimum atomic E-state index is -3.14. The van der Waals surface area contributed by atoms with Gasteiger partial charge in [-0.05, 0) is 51.4 Å². The van der Waals surface area contributed by atoms with Crippen molar-refractivity contribution in [1.29, 1.82) is 0 Å². The topological polar surface area (TPSA) is 75.7 Å². The molecular formula is C14H24N2O4S. The number of nitrogens with zero attached hydrogens (tertiary/aromatic N) is 1. The first-order chi connectivity index (χ1) is 9.67. The Morgan fingerprint density at radius 1 is 1.19 bits per heavy atom. The number of nitrogens with one attached hydrogen (secondary N) is 1. The van der Waals surface area contributed by atoms with Gasteiger partial charge in [-0.15, -0.1) is 0 Å². The largest absolute Gasteiger partial charge is 0.444 e. The minimum absolute atomic E-state index is 0.140. The third kappa shape index (κ3) is 2.77. The van der Waals surface area contributed by atoms with Gasteiger partial charge in [-0.2, -0.15) is 0 Å². The van der Waals surface area contributed by atoms with E-state index in [-0.39, 0.29) is 23.2 Å². The number of carbonyl (C=O) groups is 1. The molecule has 120 valence electrons. The van der Waals surface area contributed by atoms with E-state index in [0.717, 1.165) is 6.42 Å². The smallest absolute Gasteiger partial charge is 0.410 e. The predicted octanol–water partition coefficient (Wildman–Crippen LogP) is 1.18. The van der Waals surface area contributed by atoms with Crippen molar-refractivity contribution < 1.29 is 17.9 Å². The van der Waals surface area contributed by atoms with E-state index in [1.807, 2.05) is 20.8 Å². The maximum Gasteiger partial charge on any atom is 0.410 e. The van der Waals surface area contributed by atoms with Crippen molar-refractivity contribution in [3.63, 3.8) is 0 Å². The normalized spacial score (nSPS) is 38.0. The van der Waals surface area contributed by atoms with Crippen molar-refractivity contribution in [3.05, 3.63) is 0 Å². The molecule has 0 spiro atoms. The van der Waals surface area contributed by atoms with Crippen LogP contribution in [0.2, 0.25) is 0 Å². The fraction of sp³-hybridized carbons (Fsp3) is 0.929. The number of hydrogen-bond acceptors (Lipinski definition) is 4. The predicted molar refractivity (Wildman–Crippen MR) is 78.2 cm³/mol. The third-order valence-electron chi connectivity index (χ3n) is 4.91. The van der Waals surface area contributed by atoms with E-state index in [0.29, 0.717) is 32.0 Å². The van der Waals surface area contributed by atoms with Gasteiger partial charge in [-0.3, -0.25) is 0 Å². The Labute approximate surface area is 126 Å². The number of sulfonamides is 1. The lowest BCUT2D eigenvalue weighted by atomic mass is 9.74. The van der Waals surface area contributed by atoms with Gasteiger partial charge in [-0.25, -0.2) is 17.9 Å². The highest BCUT2D eigenvalue weighted by Gasteiger charge is 2.52. The average molecular weight is 316 g/mol. The van der Waals surface area contributed by atoms with Crippen LogP contribution in [0.4, 0.5) is 4.79 Å². The molecule has 4 atom stereocenters. The van der Waals surface area contributed by atoms with Crippen molar-refractivity contribution in [2.45, 2.75) is 44.5 Å². The van der Waals surface area contributed by atoms with Crippen LogP contribution in [0.25, 0.3) is 0 Å². The summed E-state index contributed by atoms with van der Waals surface area (Å²) in [6, 6.07) is 0. The van der Waals surface area contributed by atoms with Crippen LogP contribution < -0.4 is 4.72 Å². The Balaban J connectivity index is 1.70. The first kappa shape index (κ1) is 15.1. The molecule has 6 nitrogen and oxygen atoms in total. The molecule has 0 aromatic heterocycles. The highest BCUT2D eigenvalue weighted by molar-refractivity contribution is 7.90. The number of carbonyl (C=O) groups excluding carboxylic acids is 1. The van der Waals surface area contributed by atoms with Gasteiger partial charge in [-0.1, -0.05) is 0 Å². The summed E-state index contributed by atoms with van der Waals surface area (Å²) in [4.78, 5) is 14.0. The van der Waals surface area contributed by atoms with Crippen molar-refractivity contribution in [1.82, 2.24) is 9.62 Å². The quantitative estimate of drug-likeness (QED) is 0.728. The fourth-order valence-corrected chi connectivity index (χ4v) is 5.86. The van der Waals surface area contributed by atoms with E-state index in [4.69, 9.17) is 4.74 Å². The molecule has 1 saturated carbocycles. The summed E-state index contributed by atoms with van der Waals surface area (Å²) in [5, 5.41) is -0.266. The molecule has 21 heavy (non-hydrogen) atoms. The monoisotopic (exact) mass is 316 g/mol. The summed E-state index contributed by atoms with van der Waals surface area (Å²) in [6.45, 7) is 7.42.